The number of rotatable bonds is 8. The van der Waals surface area contributed by atoms with Crippen molar-refractivity contribution >= 4 is 0 Å². The Kier molecular flexibility index (Phi) is 6.05. The van der Waals surface area contributed by atoms with Crippen molar-refractivity contribution in [1.29, 1.82) is 0 Å². The zero-order valence-electron chi connectivity index (χ0n) is 12.1. The maximum atomic E-state index is 10.6. The van der Waals surface area contributed by atoms with Crippen molar-refractivity contribution in [3.8, 4) is 5.75 Å². The lowest BCUT2D eigenvalue weighted by Gasteiger charge is -2.20. The average molecular weight is 267 g/mol. The van der Waals surface area contributed by atoms with Gasteiger partial charge in [0, 0.05) is 11.1 Å². The zero-order valence-corrected chi connectivity index (χ0v) is 12.1. The quantitative estimate of drug-likeness (QED) is 0.688. The Labute approximate surface area is 122 Å². The highest BCUT2D eigenvalue weighted by molar-refractivity contribution is 5.58. The van der Waals surface area contributed by atoms with Gasteiger partial charge >= 0.3 is 0 Å². The first kappa shape index (κ1) is 16.0. The van der Waals surface area contributed by atoms with Gasteiger partial charge in [0.15, 0.2) is 0 Å². The fraction of sp³-hybridized carbons (Fsp3) is 0.211. The first-order valence-corrected chi connectivity index (χ1v) is 6.76. The van der Waals surface area contributed by atoms with Crippen LogP contribution in [0.15, 0.2) is 50.6 Å². The van der Waals surface area contributed by atoms with E-state index in [9.17, 15) is 5.11 Å². The van der Waals surface area contributed by atoms with Crippen LogP contribution in [0.1, 0.15) is 27.8 Å². The smallest absolute Gasteiger partial charge is 0.123 e. The Morgan fingerprint density at radius 1 is 0.650 bits per heavy atom. The van der Waals surface area contributed by atoms with E-state index in [0.717, 1.165) is 27.8 Å². The molecule has 1 heteroatoms. The third kappa shape index (κ3) is 3.11. The maximum Gasteiger partial charge on any atom is 0.123 e. The summed E-state index contributed by atoms with van der Waals surface area (Å²) in [6, 6.07) is 0. The molecule has 0 amide bonds. The largest absolute Gasteiger partial charge is 0.507 e. The maximum absolute atomic E-state index is 10.6. The van der Waals surface area contributed by atoms with Gasteiger partial charge in [-0.1, -0.05) is 24.3 Å². The Balaban J connectivity index is 3.66. The Morgan fingerprint density at radius 3 is 1.25 bits per heavy atom. The first-order valence-electron chi connectivity index (χ1n) is 6.76. The molecule has 1 radical (unpaired) electrons. The monoisotopic (exact) mass is 267 g/mol. The number of hydrogen-bond acceptors (Lipinski definition) is 1. The molecule has 0 unspecified atom stereocenters. The van der Waals surface area contributed by atoms with Crippen LogP contribution < -0.4 is 0 Å². The molecule has 0 aliphatic rings. The van der Waals surface area contributed by atoms with E-state index in [0.29, 0.717) is 31.4 Å². The van der Waals surface area contributed by atoms with Crippen molar-refractivity contribution in [1.82, 2.24) is 0 Å². The van der Waals surface area contributed by atoms with Gasteiger partial charge in [0.25, 0.3) is 0 Å². The molecule has 0 aromatic heterocycles. The lowest BCUT2D eigenvalue weighted by atomic mass is 9.86. The summed E-state index contributed by atoms with van der Waals surface area (Å²) in [6.07, 6.45) is 9.88. The van der Waals surface area contributed by atoms with Crippen molar-refractivity contribution in [2.24, 2.45) is 0 Å². The van der Waals surface area contributed by atoms with Gasteiger partial charge in [-0.25, -0.2) is 0 Å². The summed E-state index contributed by atoms with van der Waals surface area (Å²) in [5.74, 6) is 0.339. The molecular weight excluding hydrogens is 244 g/mol. The van der Waals surface area contributed by atoms with Gasteiger partial charge in [0.1, 0.15) is 5.75 Å². The molecule has 105 valence electrons. The van der Waals surface area contributed by atoms with Crippen molar-refractivity contribution in [3.63, 3.8) is 0 Å². The van der Waals surface area contributed by atoms with Crippen molar-refractivity contribution in [2.75, 3.05) is 0 Å². The molecule has 0 aliphatic heterocycles. The molecule has 0 bridgehead atoms. The molecule has 0 aliphatic carbocycles. The summed E-state index contributed by atoms with van der Waals surface area (Å²) in [7, 11) is 0. The van der Waals surface area contributed by atoms with E-state index in [2.05, 4.69) is 33.2 Å². The highest BCUT2D eigenvalue weighted by Gasteiger charge is 2.18. The molecule has 1 rings (SSSR count). The minimum absolute atomic E-state index is 0.339. The van der Waals surface area contributed by atoms with Gasteiger partial charge < -0.3 is 5.11 Å². The highest BCUT2D eigenvalue weighted by atomic mass is 16.3. The number of phenolic OH excluding ortho intramolecular Hbond substituents is 1. The molecule has 0 saturated heterocycles. The van der Waals surface area contributed by atoms with Gasteiger partial charge in [-0.15, -0.1) is 26.3 Å². The molecule has 0 heterocycles. The number of hydrogen-bond donors (Lipinski definition) is 1. The van der Waals surface area contributed by atoms with E-state index in [4.69, 9.17) is 0 Å². The second kappa shape index (κ2) is 7.54. The van der Waals surface area contributed by atoms with E-state index in [1.54, 1.807) is 12.2 Å². The van der Waals surface area contributed by atoms with E-state index in [-0.39, 0.29) is 0 Å². The summed E-state index contributed by atoms with van der Waals surface area (Å²) in [6.45, 7) is 19.3. The minimum atomic E-state index is 0.339. The molecule has 1 aromatic rings. The fourth-order valence-electron chi connectivity index (χ4n) is 2.52. The Morgan fingerprint density at radius 2 is 0.950 bits per heavy atom. The summed E-state index contributed by atoms with van der Waals surface area (Å²) < 4.78 is 0. The first-order chi connectivity index (χ1) is 9.62. The van der Waals surface area contributed by atoms with Crippen LogP contribution in [0.5, 0.6) is 5.75 Å². The SMILES string of the molecule is [CH2]c1c(CC=C)c(CC=C)c(O)c(CC=C)c1CC=C. The van der Waals surface area contributed by atoms with E-state index in [1.165, 1.54) is 0 Å². The number of aromatic hydroxyl groups is 1. The number of allylic oxidation sites excluding steroid dienone is 4. The van der Waals surface area contributed by atoms with Crippen LogP contribution in [0.25, 0.3) is 0 Å². The third-order valence-corrected chi connectivity index (χ3v) is 3.42. The number of benzene rings is 1. The standard InChI is InChI=1S/C19H23O/c1-6-10-15-14(5)16(11-7-2)18(13-9-4)19(20)17(15)12-8-3/h6-9,20H,1-5,10-13H2. The average Bonchev–Trinajstić information content (AvgIpc) is 2.44. The zero-order chi connectivity index (χ0) is 15.1. The van der Waals surface area contributed by atoms with E-state index in [1.807, 2.05) is 12.2 Å². The van der Waals surface area contributed by atoms with Gasteiger partial charge in [-0.3, -0.25) is 0 Å². The lowest BCUT2D eigenvalue weighted by molar-refractivity contribution is 0.462. The molecule has 0 atom stereocenters. The van der Waals surface area contributed by atoms with Crippen molar-refractivity contribution in [3.05, 3.63) is 85.4 Å². The van der Waals surface area contributed by atoms with Crippen LogP contribution in [-0.4, -0.2) is 5.11 Å². The van der Waals surface area contributed by atoms with Crippen LogP contribution in [0.2, 0.25) is 0 Å². The predicted octanol–water partition coefficient (Wildman–Crippen LogP) is 4.49. The van der Waals surface area contributed by atoms with Crippen molar-refractivity contribution in [2.45, 2.75) is 25.7 Å². The summed E-state index contributed by atoms with van der Waals surface area (Å²) in [4.78, 5) is 0. The topological polar surface area (TPSA) is 20.2 Å². The predicted molar refractivity (Wildman–Crippen MR) is 88.2 cm³/mol. The van der Waals surface area contributed by atoms with Gasteiger partial charge in [-0.2, -0.15) is 0 Å². The van der Waals surface area contributed by atoms with Gasteiger partial charge in [0.05, 0.1) is 0 Å². The van der Waals surface area contributed by atoms with Gasteiger partial charge in [0.2, 0.25) is 0 Å². The third-order valence-electron chi connectivity index (χ3n) is 3.42. The molecular formula is C19H23O. The second-order valence-corrected chi connectivity index (χ2v) is 4.71. The number of phenols is 1. The van der Waals surface area contributed by atoms with Gasteiger partial charge in [-0.05, 0) is 49.3 Å². The molecule has 0 spiro atoms. The molecule has 1 nitrogen and oxygen atoms in total. The lowest BCUT2D eigenvalue weighted by Crippen LogP contribution is -2.06. The molecule has 1 aromatic carbocycles. The summed E-state index contributed by atoms with van der Waals surface area (Å²) >= 11 is 0. The molecule has 0 saturated carbocycles. The Bertz CT molecular complexity index is 441. The highest BCUT2D eigenvalue weighted by Crippen LogP contribution is 2.35. The van der Waals surface area contributed by atoms with E-state index >= 15 is 0 Å². The second-order valence-electron chi connectivity index (χ2n) is 4.71. The Hall–Kier alpha value is -2.02. The van der Waals surface area contributed by atoms with Crippen LogP contribution in [0, 0.1) is 6.92 Å². The van der Waals surface area contributed by atoms with E-state index < -0.39 is 0 Å². The molecule has 0 fully saturated rings. The summed E-state index contributed by atoms with van der Waals surface area (Å²) in [5, 5.41) is 10.6. The summed E-state index contributed by atoms with van der Waals surface area (Å²) in [5.41, 5.74) is 4.85. The van der Waals surface area contributed by atoms with Crippen LogP contribution in [-0.2, 0) is 25.7 Å². The minimum Gasteiger partial charge on any atom is -0.507 e. The van der Waals surface area contributed by atoms with Crippen molar-refractivity contribution < 1.29 is 5.11 Å². The normalized spacial score (nSPS) is 10.1. The fourth-order valence-corrected chi connectivity index (χ4v) is 2.52. The van der Waals surface area contributed by atoms with Crippen LogP contribution in [0.4, 0.5) is 0 Å². The molecule has 20 heavy (non-hydrogen) atoms. The molecule has 1 N–H and O–H groups in total. The van der Waals surface area contributed by atoms with Crippen LogP contribution in [0.3, 0.4) is 0 Å². The van der Waals surface area contributed by atoms with Crippen LogP contribution >= 0.6 is 0 Å².